The molecular formula is C21H23ClN2O4S. The molecule has 2 atom stereocenters. The van der Waals surface area contributed by atoms with E-state index in [0.717, 1.165) is 5.75 Å². The van der Waals surface area contributed by atoms with Crippen molar-refractivity contribution in [2.75, 3.05) is 25.2 Å². The third-order valence-corrected chi connectivity index (χ3v) is 5.40. The van der Waals surface area contributed by atoms with Gasteiger partial charge in [-0.05, 0) is 42.7 Å². The number of benzene rings is 2. The lowest BCUT2D eigenvalue weighted by Crippen LogP contribution is -2.50. The van der Waals surface area contributed by atoms with Crippen LogP contribution in [0.2, 0.25) is 5.02 Å². The Kier molecular flexibility index (Phi) is 7.66. The van der Waals surface area contributed by atoms with Crippen LogP contribution in [0, 0.1) is 0 Å². The maximum absolute atomic E-state index is 12.7. The summed E-state index contributed by atoms with van der Waals surface area (Å²) in [5.41, 5.74) is 0.344. The van der Waals surface area contributed by atoms with E-state index in [4.69, 9.17) is 21.1 Å². The number of thioether (sulfide) groups is 1. The Morgan fingerprint density at radius 2 is 1.90 bits per heavy atom. The molecule has 0 aliphatic carbocycles. The molecule has 0 spiro atoms. The molecule has 0 fully saturated rings. The normalized spacial score (nSPS) is 16.0. The predicted octanol–water partition coefficient (Wildman–Crippen LogP) is 3.15. The molecule has 0 saturated carbocycles. The van der Waals surface area contributed by atoms with Crippen molar-refractivity contribution < 1.29 is 19.1 Å². The minimum absolute atomic E-state index is 0.262. The first-order chi connectivity index (χ1) is 14.1. The second-order valence-electron chi connectivity index (χ2n) is 6.53. The van der Waals surface area contributed by atoms with Crippen LogP contribution in [0.1, 0.15) is 16.8 Å². The second kappa shape index (κ2) is 10.4. The van der Waals surface area contributed by atoms with Crippen LogP contribution in [-0.4, -0.2) is 49.1 Å². The number of amides is 2. The number of hydrogen-bond acceptors (Lipinski definition) is 5. The van der Waals surface area contributed by atoms with Gasteiger partial charge in [-0.2, -0.15) is 11.8 Å². The molecule has 0 radical (unpaired) electrons. The fourth-order valence-electron chi connectivity index (χ4n) is 2.89. The predicted molar refractivity (Wildman–Crippen MR) is 115 cm³/mol. The fourth-order valence-corrected chi connectivity index (χ4v) is 3.58. The molecule has 29 heavy (non-hydrogen) atoms. The van der Waals surface area contributed by atoms with E-state index >= 15 is 0 Å². The van der Waals surface area contributed by atoms with Gasteiger partial charge in [0.25, 0.3) is 5.91 Å². The molecule has 1 aliphatic rings. The molecule has 2 aromatic carbocycles. The van der Waals surface area contributed by atoms with Gasteiger partial charge in [0, 0.05) is 0 Å². The van der Waals surface area contributed by atoms with Gasteiger partial charge in [-0.1, -0.05) is 35.9 Å². The van der Waals surface area contributed by atoms with E-state index in [9.17, 15) is 9.59 Å². The summed E-state index contributed by atoms with van der Waals surface area (Å²) in [5.74, 6) is 1.45. The lowest BCUT2D eigenvalue weighted by molar-refractivity contribution is -0.123. The zero-order valence-electron chi connectivity index (χ0n) is 16.0. The van der Waals surface area contributed by atoms with Gasteiger partial charge in [0.15, 0.2) is 11.5 Å². The zero-order chi connectivity index (χ0) is 20.6. The number of rotatable bonds is 8. The summed E-state index contributed by atoms with van der Waals surface area (Å²) in [6.45, 7) is 0.629. The monoisotopic (exact) mass is 434 g/mol. The second-order valence-corrected chi connectivity index (χ2v) is 7.92. The Morgan fingerprint density at radius 3 is 2.66 bits per heavy atom. The first kappa shape index (κ1) is 21.3. The smallest absolute Gasteiger partial charge is 0.253 e. The molecule has 8 heteroatoms. The quantitative estimate of drug-likeness (QED) is 0.667. The Balaban J connectivity index is 1.58. The molecule has 0 unspecified atom stereocenters. The molecule has 2 aromatic rings. The van der Waals surface area contributed by atoms with Crippen LogP contribution in [-0.2, 0) is 4.79 Å². The Morgan fingerprint density at radius 1 is 1.17 bits per heavy atom. The Bertz CT molecular complexity index is 864. The lowest BCUT2D eigenvalue weighted by Gasteiger charge is -2.27. The first-order valence-electron chi connectivity index (χ1n) is 9.29. The van der Waals surface area contributed by atoms with E-state index in [1.807, 2.05) is 30.5 Å². The van der Waals surface area contributed by atoms with Crippen LogP contribution in [0.5, 0.6) is 11.5 Å². The molecule has 2 N–H and O–H groups in total. The zero-order valence-corrected chi connectivity index (χ0v) is 17.6. The highest BCUT2D eigenvalue weighted by molar-refractivity contribution is 7.98. The molecule has 6 nitrogen and oxygen atoms in total. The van der Waals surface area contributed by atoms with Crippen LogP contribution in [0.4, 0.5) is 0 Å². The fraction of sp³-hybridized carbons (Fsp3) is 0.333. The van der Waals surface area contributed by atoms with Gasteiger partial charge >= 0.3 is 0 Å². The van der Waals surface area contributed by atoms with Crippen LogP contribution in [0.15, 0.2) is 48.5 Å². The topological polar surface area (TPSA) is 76.7 Å². The minimum atomic E-state index is -0.664. The van der Waals surface area contributed by atoms with E-state index in [-0.39, 0.29) is 24.5 Å². The average Bonchev–Trinajstić information content (AvgIpc) is 2.75. The standard InChI is InChI=1S/C21H23ClN2O4S/c1-29-11-10-17(24-20(25)15-6-2-3-7-16(15)22)21(26)23-12-14-13-27-18-8-4-5-9-19(18)28-14/h2-9,14,17H,10-13H2,1H3,(H,23,26)(H,24,25)/t14-,17-/m0/s1. The molecule has 2 amide bonds. The molecular weight excluding hydrogens is 412 g/mol. The van der Waals surface area contributed by atoms with Crippen molar-refractivity contribution >= 4 is 35.2 Å². The van der Waals surface area contributed by atoms with E-state index in [1.54, 1.807) is 36.0 Å². The first-order valence-corrected chi connectivity index (χ1v) is 11.1. The maximum atomic E-state index is 12.7. The highest BCUT2D eigenvalue weighted by Gasteiger charge is 2.25. The van der Waals surface area contributed by atoms with Crippen molar-refractivity contribution in [2.45, 2.75) is 18.6 Å². The van der Waals surface area contributed by atoms with Crippen LogP contribution < -0.4 is 20.1 Å². The highest BCUT2D eigenvalue weighted by atomic mass is 35.5. The number of halogens is 1. The summed E-state index contributed by atoms with van der Waals surface area (Å²) in [7, 11) is 0. The number of nitrogens with one attached hydrogen (secondary N) is 2. The summed E-state index contributed by atoms with van der Waals surface area (Å²) >= 11 is 7.70. The molecule has 0 saturated heterocycles. The Hall–Kier alpha value is -2.38. The average molecular weight is 435 g/mol. The van der Waals surface area contributed by atoms with Gasteiger partial charge in [-0.3, -0.25) is 9.59 Å². The Labute approximate surface area is 179 Å². The van der Waals surface area contributed by atoms with Crippen molar-refractivity contribution in [2.24, 2.45) is 0 Å². The van der Waals surface area contributed by atoms with Gasteiger partial charge in [-0.15, -0.1) is 0 Å². The van der Waals surface area contributed by atoms with Crippen molar-refractivity contribution in [3.8, 4) is 11.5 Å². The largest absolute Gasteiger partial charge is 0.486 e. The van der Waals surface area contributed by atoms with Gasteiger partial charge < -0.3 is 20.1 Å². The van der Waals surface area contributed by atoms with Crippen LogP contribution in [0.3, 0.4) is 0 Å². The summed E-state index contributed by atoms with van der Waals surface area (Å²) in [6.07, 6.45) is 2.16. The van der Waals surface area contributed by atoms with Crippen LogP contribution >= 0.6 is 23.4 Å². The number of hydrogen-bond donors (Lipinski definition) is 2. The molecule has 1 heterocycles. The number of para-hydroxylation sites is 2. The van der Waals surface area contributed by atoms with E-state index in [0.29, 0.717) is 35.1 Å². The van der Waals surface area contributed by atoms with Gasteiger partial charge in [0.1, 0.15) is 18.8 Å². The molecule has 3 rings (SSSR count). The summed E-state index contributed by atoms with van der Waals surface area (Å²) < 4.78 is 11.5. The summed E-state index contributed by atoms with van der Waals surface area (Å²) in [5, 5.41) is 6.00. The number of carbonyl (C=O) groups is 2. The maximum Gasteiger partial charge on any atom is 0.253 e. The van der Waals surface area contributed by atoms with Gasteiger partial charge in [0.2, 0.25) is 5.91 Å². The van der Waals surface area contributed by atoms with Crippen molar-refractivity contribution in [3.63, 3.8) is 0 Å². The SMILES string of the molecule is CSCC[C@H](NC(=O)c1ccccc1Cl)C(=O)NC[C@H]1COc2ccccc2O1. The van der Waals surface area contributed by atoms with E-state index in [2.05, 4.69) is 10.6 Å². The summed E-state index contributed by atoms with van der Waals surface area (Å²) in [4.78, 5) is 25.3. The van der Waals surface area contributed by atoms with Crippen molar-refractivity contribution in [1.29, 1.82) is 0 Å². The lowest BCUT2D eigenvalue weighted by atomic mass is 10.1. The molecule has 0 aromatic heterocycles. The highest BCUT2D eigenvalue weighted by Crippen LogP contribution is 2.30. The summed E-state index contributed by atoms with van der Waals surface area (Å²) in [6, 6.07) is 13.5. The number of ether oxygens (including phenoxy) is 2. The third-order valence-electron chi connectivity index (χ3n) is 4.42. The molecule has 1 aliphatic heterocycles. The van der Waals surface area contributed by atoms with Crippen molar-refractivity contribution in [1.82, 2.24) is 10.6 Å². The number of fused-ring (bicyclic) bond motifs is 1. The molecule has 154 valence electrons. The minimum Gasteiger partial charge on any atom is -0.486 e. The van der Waals surface area contributed by atoms with Gasteiger partial charge in [-0.25, -0.2) is 0 Å². The van der Waals surface area contributed by atoms with Gasteiger partial charge in [0.05, 0.1) is 17.1 Å². The van der Waals surface area contributed by atoms with Crippen LogP contribution in [0.25, 0.3) is 0 Å². The van der Waals surface area contributed by atoms with E-state index in [1.165, 1.54) is 0 Å². The third kappa shape index (κ3) is 5.81. The molecule has 0 bridgehead atoms. The number of carbonyl (C=O) groups excluding carboxylic acids is 2. The van der Waals surface area contributed by atoms with Crippen molar-refractivity contribution in [3.05, 3.63) is 59.1 Å². The van der Waals surface area contributed by atoms with E-state index < -0.39 is 6.04 Å².